The van der Waals surface area contributed by atoms with Crippen LogP contribution in [0.3, 0.4) is 0 Å². The van der Waals surface area contributed by atoms with Crippen molar-refractivity contribution < 1.29 is 4.79 Å². The number of terminal acetylenes is 1. The van der Waals surface area contributed by atoms with Gasteiger partial charge >= 0.3 is 6.03 Å². The average Bonchev–Trinajstić information content (AvgIpc) is 3.06. The summed E-state index contributed by atoms with van der Waals surface area (Å²) in [5.41, 5.74) is 7.55. The molecule has 104 valence electrons. The summed E-state index contributed by atoms with van der Waals surface area (Å²) >= 11 is 0. The van der Waals surface area contributed by atoms with E-state index in [1.807, 2.05) is 36.5 Å². The number of urea groups is 1. The molecule has 0 fully saturated rings. The van der Waals surface area contributed by atoms with Crippen LogP contribution in [0, 0.1) is 12.3 Å². The third-order valence-electron chi connectivity index (χ3n) is 3.26. The molecular weight excluding hydrogens is 266 g/mol. The van der Waals surface area contributed by atoms with Gasteiger partial charge in [0, 0.05) is 11.8 Å². The van der Waals surface area contributed by atoms with E-state index in [2.05, 4.69) is 16.0 Å². The molecule has 1 atom stereocenters. The predicted octanol–water partition coefficient (Wildman–Crippen LogP) is 1.34. The number of rotatable bonds is 3. The Labute approximate surface area is 121 Å². The molecule has 0 aliphatic carbocycles. The zero-order valence-electron chi connectivity index (χ0n) is 11.2. The highest BCUT2D eigenvalue weighted by molar-refractivity contribution is 6.03. The van der Waals surface area contributed by atoms with Crippen LogP contribution in [0.15, 0.2) is 47.7 Å². The smallest absolute Gasteiger partial charge is 0.346 e. The summed E-state index contributed by atoms with van der Waals surface area (Å²) in [5, 5.41) is 4.30. The lowest BCUT2D eigenvalue weighted by Crippen LogP contribution is -2.33. The monoisotopic (exact) mass is 279 g/mol. The van der Waals surface area contributed by atoms with Gasteiger partial charge in [0.2, 0.25) is 0 Å². The molecule has 0 saturated carbocycles. The van der Waals surface area contributed by atoms with E-state index in [1.54, 1.807) is 10.9 Å². The number of carbonyl (C=O) groups is 1. The molecule has 6 heteroatoms. The van der Waals surface area contributed by atoms with Crippen molar-refractivity contribution in [3.05, 3.63) is 48.3 Å². The number of para-hydroxylation sites is 1. The normalized spacial score (nSPS) is 17.7. The van der Waals surface area contributed by atoms with Gasteiger partial charge in [0.25, 0.3) is 0 Å². The molecule has 2 heterocycles. The lowest BCUT2D eigenvalue weighted by atomic mass is 10.1. The summed E-state index contributed by atoms with van der Waals surface area (Å²) in [4.78, 5) is 17.0. The zero-order valence-corrected chi connectivity index (χ0v) is 11.2. The van der Waals surface area contributed by atoms with Crippen LogP contribution < -0.4 is 5.73 Å². The van der Waals surface area contributed by atoms with E-state index in [0.29, 0.717) is 0 Å². The molecule has 1 aliphatic rings. The van der Waals surface area contributed by atoms with Gasteiger partial charge in [0.15, 0.2) is 0 Å². The predicted molar refractivity (Wildman–Crippen MR) is 78.9 cm³/mol. The van der Waals surface area contributed by atoms with Crippen molar-refractivity contribution in [1.82, 2.24) is 14.7 Å². The van der Waals surface area contributed by atoms with E-state index < -0.39 is 12.1 Å². The molecule has 1 aromatic carbocycles. The first-order valence-electron chi connectivity index (χ1n) is 6.39. The van der Waals surface area contributed by atoms with Crippen LogP contribution in [0.5, 0.6) is 0 Å². The third-order valence-corrected chi connectivity index (χ3v) is 3.26. The standard InChI is InChI=1S/C15H13N5O/c1-2-8-19-13(14(16)18-15(19)21)11-9-17-20(10-11)12-6-4-3-5-7-12/h1,3-7,9-10,13H,8H2,(H2,16,18,21). The number of hydrogen-bond acceptors (Lipinski definition) is 3. The maximum atomic E-state index is 11.8. The number of benzene rings is 1. The van der Waals surface area contributed by atoms with E-state index in [1.165, 1.54) is 4.90 Å². The van der Waals surface area contributed by atoms with Crippen LogP contribution in [0.1, 0.15) is 11.6 Å². The van der Waals surface area contributed by atoms with Crippen molar-refractivity contribution in [3.63, 3.8) is 0 Å². The molecule has 2 aromatic rings. The van der Waals surface area contributed by atoms with Gasteiger partial charge in [-0.3, -0.25) is 4.90 Å². The lowest BCUT2D eigenvalue weighted by Gasteiger charge is -2.20. The Morgan fingerprint density at radius 1 is 1.33 bits per heavy atom. The summed E-state index contributed by atoms with van der Waals surface area (Å²) in [5.74, 6) is 2.69. The number of carbonyl (C=O) groups excluding carboxylic acids is 1. The Morgan fingerprint density at radius 3 is 2.81 bits per heavy atom. The molecule has 21 heavy (non-hydrogen) atoms. The number of aliphatic imine (C=N–C) groups is 1. The minimum atomic E-state index is -0.453. The van der Waals surface area contributed by atoms with Gasteiger partial charge in [-0.15, -0.1) is 6.42 Å². The maximum absolute atomic E-state index is 11.8. The largest absolute Gasteiger partial charge is 0.385 e. The number of aromatic nitrogens is 2. The SMILES string of the molecule is C#CCN1C(=O)N=C(N)C1c1cnn(-c2ccccc2)c1. The van der Waals surface area contributed by atoms with E-state index >= 15 is 0 Å². The molecular formula is C15H13N5O. The Hall–Kier alpha value is -3.07. The Balaban J connectivity index is 1.94. The Morgan fingerprint density at radius 2 is 2.10 bits per heavy atom. The number of amidine groups is 1. The van der Waals surface area contributed by atoms with E-state index in [-0.39, 0.29) is 12.4 Å². The zero-order chi connectivity index (χ0) is 14.8. The minimum Gasteiger partial charge on any atom is -0.385 e. The third kappa shape index (κ3) is 2.25. The first kappa shape index (κ1) is 12.9. The van der Waals surface area contributed by atoms with Crippen molar-refractivity contribution in [2.45, 2.75) is 6.04 Å². The second-order valence-electron chi connectivity index (χ2n) is 4.61. The number of hydrogen-bond donors (Lipinski definition) is 1. The van der Waals surface area contributed by atoms with E-state index in [9.17, 15) is 4.79 Å². The molecule has 1 aliphatic heterocycles. The first-order chi connectivity index (χ1) is 10.2. The van der Waals surface area contributed by atoms with Gasteiger partial charge < -0.3 is 5.73 Å². The van der Waals surface area contributed by atoms with Gasteiger partial charge in [0.05, 0.1) is 18.4 Å². The molecule has 1 aromatic heterocycles. The Kier molecular flexibility index (Phi) is 3.16. The molecule has 2 amide bonds. The number of nitrogens with two attached hydrogens (primary N) is 1. The highest BCUT2D eigenvalue weighted by atomic mass is 16.2. The lowest BCUT2D eigenvalue weighted by molar-refractivity contribution is 0.213. The summed E-state index contributed by atoms with van der Waals surface area (Å²) in [7, 11) is 0. The fourth-order valence-electron chi connectivity index (χ4n) is 2.31. The summed E-state index contributed by atoms with van der Waals surface area (Å²) < 4.78 is 1.72. The van der Waals surface area contributed by atoms with Gasteiger partial charge in [-0.05, 0) is 12.1 Å². The van der Waals surface area contributed by atoms with Crippen LogP contribution in [0.25, 0.3) is 5.69 Å². The fraction of sp³-hybridized carbons (Fsp3) is 0.133. The van der Waals surface area contributed by atoms with Crippen molar-refractivity contribution in [3.8, 4) is 18.0 Å². The number of nitrogens with zero attached hydrogens (tertiary/aromatic N) is 4. The number of amides is 2. The highest BCUT2D eigenvalue weighted by Gasteiger charge is 2.34. The van der Waals surface area contributed by atoms with E-state index in [0.717, 1.165) is 11.3 Å². The molecule has 6 nitrogen and oxygen atoms in total. The topological polar surface area (TPSA) is 76.5 Å². The van der Waals surface area contributed by atoms with Gasteiger partial charge in [-0.1, -0.05) is 24.1 Å². The fourth-order valence-corrected chi connectivity index (χ4v) is 2.31. The van der Waals surface area contributed by atoms with Crippen LogP contribution >= 0.6 is 0 Å². The molecule has 0 spiro atoms. The second-order valence-corrected chi connectivity index (χ2v) is 4.61. The molecule has 3 rings (SSSR count). The van der Waals surface area contributed by atoms with Crippen molar-refractivity contribution >= 4 is 11.9 Å². The molecule has 0 bridgehead atoms. The highest BCUT2D eigenvalue weighted by Crippen LogP contribution is 2.26. The van der Waals surface area contributed by atoms with Crippen molar-refractivity contribution in [2.75, 3.05) is 6.54 Å². The van der Waals surface area contributed by atoms with Gasteiger partial charge in [0.1, 0.15) is 11.9 Å². The maximum Gasteiger partial charge on any atom is 0.346 e. The molecule has 0 saturated heterocycles. The minimum absolute atomic E-state index is 0.157. The molecule has 2 N–H and O–H groups in total. The summed E-state index contributed by atoms with van der Waals surface area (Å²) in [6.07, 6.45) is 8.79. The summed E-state index contributed by atoms with van der Waals surface area (Å²) in [6.45, 7) is 0.157. The van der Waals surface area contributed by atoms with Crippen LogP contribution in [0.4, 0.5) is 4.79 Å². The quantitative estimate of drug-likeness (QED) is 0.861. The van der Waals surface area contributed by atoms with Crippen LogP contribution in [0.2, 0.25) is 0 Å². The second kappa shape index (κ2) is 5.13. The summed E-state index contributed by atoms with van der Waals surface area (Å²) in [6, 6.07) is 8.80. The molecule has 0 radical (unpaired) electrons. The van der Waals surface area contributed by atoms with Crippen LogP contribution in [-0.4, -0.2) is 33.1 Å². The van der Waals surface area contributed by atoms with E-state index in [4.69, 9.17) is 12.2 Å². The van der Waals surface area contributed by atoms with Gasteiger partial charge in [-0.2, -0.15) is 10.1 Å². The molecule has 1 unspecified atom stereocenters. The van der Waals surface area contributed by atoms with Crippen molar-refractivity contribution in [1.29, 1.82) is 0 Å². The van der Waals surface area contributed by atoms with Crippen LogP contribution in [-0.2, 0) is 0 Å². The first-order valence-corrected chi connectivity index (χ1v) is 6.39. The van der Waals surface area contributed by atoms with Crippen molar-refractivity contribution in [2.24, 2.45) is 10.7 Å². The Bertz CT molecular complexity index is 741. The van der Waals surface area contributed by atoms with Gasteiger partial charge in [-0.25, -0.2) is 9.48 Å². The average molecular weight is 279 g/mol.